The molecular weight excluding hydrogens is 342 g/mol. The van der Waals surface area contributed by atoms with Gasteiger partial charge in [-0.05, 0) is 35.9 Å². The van der Waals surface area contributed by atoms with E-state index < -0.39 is 12.6 Å². The van der Waals surface area contributed by atoms with Crippen molar-refractivity contribution < 1.29 is 33.0 Å². The van der Waals surface area contributed by atoms with Gasteiger partial charge in [-0.1, -0.05) is 12.1 Å². The van der Waals surface area contributed by atoms with Crippen LogP contribution in [0, 0.1) is 0 Å². The molecule has 0 bridgehead atoms. The Morgan fingerprint density at radius 2 is 1.88 bits per heavy atom. The molecular formula is C16H12F2O5S. The van der Waals surface area contributed by atoms with Crippen LogP contribution in [0.4, 0.5) is 8.78 Å². The highest BCUT2D eigenvalue weighted by Crippen LogP contribution is 2.30. The molecule has 0 aliphatic heterocycles. The summed E-state index contributed by atoms with van der Waals surface area (Å²) >= 11 is 0.858. The quantitative estimate of drug-likeness (QED) is 0.602. The molecule has 0 atom stereocenters. The van der Waals surface area contributed by atoms with Crippen molar-refractivity contribution in [2.24, 2.45) is 0 Å². The van der Waals surface area contributed by atoms with E-state index in [-0.39, 0.29) is 27.0 Å². The van der Waals surface area contributed by atoms with E-state index in [1.165, 1.54) is 43.5 Å². The maximum absolute atomic E-state index is 12.4. The standard InChI is InChI=1S/C16H12F2O5S/c1-22-11-5-3-9(8-12(11)23-16(17)18)2-4-10(19)13-6-7-14(24-13)15(20)21/h2-8,16H,1H3,(H,20,21)/b4-2+. The molecule has 2 aromatic rings. The van der Waals surface area contributed by atoms with Gasteiger partial charge in [0.1, 0.15) is 4.88 Å². The fourth-order valence-corrected chi connectivity index (χ4v) is 2.59. The van der Waals surface area contributed by atoms with Crippen LogP contribution in [0.5, 0.6) is 11.5 Å². The van der Waals surface area contributed by atoms with Crippen LogP contribution < -0.4 is 9.47 Å². The summed E-state index contributed by atoms with van der Waals surface area (Å²) in [5.41, 5.74) is 0.454. The van der Waals surface area contributed by atoms with Gasteiger partial charge in [0.2, 0.25) is 0 Å². The van der Waals surface area contributed by atoms with Gasteiger partial charge in [0.15, 0.2) is 17.3 Å². The second kappa shape index (κ2) is 7.69. The Labute approximate surface area is 139 Å². The van der Waals surface area contributed by atoms with Gasteiger partial charge >= 0.3 is 12.6 Å². The number of aromatic carboxylic acids is 1. The lowest BCUT2D eigenvalue weighted by Crippen LogP contribution is -2.03. The molecule has 0 radical (unpaired) electrons. The smallest absolute Gasteiger partial charge is 0.387 e. The summed E-state index contributed by atoms with van der Waals surface area (Å²) in [5.74, 6) is -1.50. The largest absolute Gasteiger partial charge is 0.493 e. The summed E-state index contributed by atoms with van der Waals surface area (Å²) in [7, 11) is 1.32. The number of rotatable bonds is 7. The third-order valence-corrected chi connectivity index (χ3v) is 3.98. The number of ether oxygens (including phenoxy) is 2. The van der Waals surface area contributed by atoms with E-state index in [1.807, 2.05) is 0 Å². The van der Waals surface area contributed by atoms with Crippen LogP contribution in [-0.2, 0) is 0 Å². The van der Waals surface area contributed by atoms with Gasteiger partial charge < -0.3 is 14.6 Å². The molecule has 0 amide bonds. The van der Waals surface area contributed by atoms with Gasteiger partial charge in [-0.2, -0.15) is 8.78 Å². The Morgan fingerprint density at radius 1 is 1.17 bits per heavy atom. The van der Waals surface area contributed by atoms with Crippen molar-refractivity contribution in [3.63, 3.8) is 0 Å². The third-order valence-electron chi connectivity index (χ3n) is 2.89. The maximum atomic E-state index is 12.4. The highest BCUT2D eigenvalue weighted by molar-refractivity contribution is 7.16. The van der Waals surface area contributed by atoms with E-state index in [2.05, 4.69) is 4.74 Å². The van der Waals surface area contributed by atoms with Gasteiger partial charge in [0.25, 0.3) is 0 Å². The molecule has 1 heterocycles. The number of thiophene rings is 1. The van der Waals surface area contributed by atoms with Crippen molar-refractivity contribution in [1.82, 2.24) is 0 Å². The molecule has 0 fully saturated rings. The van der Waals surface area contributed by atoms with Crippen LogP contribution in [-0.4, -0.2) is 30.6 Å². The lowest BCUT2D eigenvalue weighted by molar-refractivity contribution is -0.0512. The minimum atomic E-state index is -3.00. The van der Waals surface area contributed by atoms with Gasteiger partial charge in [-0.3, -0.25) is 4.79 Å². The molecule has 1 N–H and O–H groups in total. The zero-order chi connectivity index (χ0) is 17.7. The van der Waals surface area contributed by atoms with Crippen molar-refractivity contribution in [3.8, 4) is 11.5 Å². The Kier molecular flexibility index (Phi) is 5.64. The summed E-state index contributed by atoms with van der Waals surface area (Å²) < 4.78 is 34.0. The molecule has 0 aliphatic rings. The van der Waals surface area contributed by atoms with Gasteiger partial charge in [0.05, 0.1) is 12.0 Å². The summed E-state index contributed by atoms with van der Waals surface area (Å²) in [6.07, 6.45) is 2.64. The number of allylic oxidation sites excluding steroid dienone is 1. The van der Waals surface area contributed by atoms with Crippen LogP contribution in [0.3, 0.4) is 0 Å². The first kappa shape index (κ1) is 17.6. The van der Waals surface area contributed by atoms with Crippen molar-refractivity contribution >= 4 is 29.2 Å². The maximum Gasteiger partial charge on any atom is 0.387 e. The second-order valence-corrected chi connectivity index (χ2v) is 5.54. The third kappa shape index (κ3) is 4.39. The van der Waals surface area contributed by atoms with E-state index >= 15 is 0 Å². The molecule has 1 aromatic carbocycles. The fourth-order valence-electron chi connectivity index (χ4n) is 1.82. The van der Waals surface area contributed by atoms with Crippen molar-refractivity contribution in [3.05, 3.63) is 51.7 Å². The Morgan fingerprint density at radius 3 is 2.46 bits per heavy atom. The SMILES string of the molecule is COc1ccc(/C=C/C(=O)c2ccc(C(=O)O)s2)cc1OC(F)F. The summed E-state index contributed by atoms with van der Waals surface area (Å²) in [5, 5.41) is 8.83. The Hall–Kier alpha value is -2.74. The highest BCUT2D eigenvalue weighted by atomic mass is 32.1. The van der Waals surface area contributed by atoms with Crippen LogP contribution in [0.25, 0.3) is 6.08 Å². The molecule has 0 saturated carbocycles. The summed E-state index contributed by atoms with van der Waals surface area (Å²) in [4.78, 5) is 23.1. The van der Waals surface area contributed by atoms with E-state index in [9.17, 15) is 18.4 Å². The van der Waals surface area contributed by atoms with Crippen molar-refractivity contribution in [1.29, 1.82) is 0 Å². The second-order valence-electron chi connectivity index (χ2n) is 4.46. The molecule has 8 heteroatoms. The molecule has 0 saturated heterocycles. The number of alkyl halides is 2. The molecule has 0 aliphatic carbocycles. The minimum absolute atomic E-state index is 0.0591. The number of methoxy groups -OCH3 is 1. The van der Waals surface area contributed by atoms with Crippen LogP contribution in [0.15, 0.2) is 36.4 Å². The highest BCUT2D eigenvalue weighted by Gasteiger charge is 2.12. The number of benzene rings is 1. The number of halogens is 2. The normalized spacial score (nSPS) is 11.0. The number of carboxylic acid groups (broad SMARTS) is 1. The number of hydrogen-bond acceptors (Lipinski definition) is 5. The number of ketones is 1. The lowest BCUT2D eigenvalue weighted by Gasteiger charge is -2.10. The predicted octanol–water partition coefficient (Wildman–Crippen LogP) is 3.95. The zero-order valence-corrected chi connectivity index (χ0v) is 13.2. The van der Waals surface area contributed by atoms with E-state index in [4.69, 9.17) is 9.84 Å². The van der Waals surface area contributed by atoms with E-state index in [0.29, 0.717) is 5.56 Å². The average Bonchev–Trinajstić information content (AvgIpc) is 3.02. The van der Waals surface area contributed by atoms with Gasteiger partial charge in [0, 0.05) is 0 Å². The van der Waals surface area contributed by atoms with Crippen LogP contribution >= 0.6 is 11.3 Å². The molecule has 5 nitrogen and oxygen atoms in total. The molecule has 0 spiro atoms. The molecule has 126 valence electrons. The number of hydrogen-bond donors (Lipinski definition) is 1. The topological polar surface area (TPSA) is 72.8 Å². The number of carbonyl (C=O) groups excluding carboxylic acids is 1. The van der Waals surface area contributed by atoms with Crippen molar-refractivity contribution in [2.75, 3.05) is 7.11 Å². The first-order chi connectivity index (χ1) is 11.4. The first-order valence-electron chi connectivity index (χ1n) is 6.59. The number of carboxylic acids is 1. The van der Waals surface area contributed by atoms with Crippen LogP contribution in [0.1, 0.15) is 24.9 Å². The number of carbonyl (C=O) groups is 2. The molecule has 0 unspecified atom stereocenters. The molecule has 24 heavy (non-hydrogen) atoms. The zero-order valence-electron chi connectivity index (χ0n) is 12.4. The van der Waals surface area contributed by atoms with E-state index in [0.717, 1.165) is 11.3 Å². The van der Waals surface area contributed by atoms with Crippen molar-refractivity contribution in [2.45, 2.75) is 6.61 Å². The monoisotopic (exact) mass is 354 g/mol. The van der Waals surface area contributed by atoms with Gasteiger partial charge in [-0.15, -0.1) is 11.3 Å². The predicted molar refractivity (Wildman–Crippen MR) is 84.3 cm³/mol. The summed E-state index contributed by atoms with van der Waals surface area (Å²) in [6, 6.07) is 7.08. The van der Waals surface area contributed by atoms with E-state index in [1.54, 1.807) is 6.07 Å². The fraction of sp³-hybridized carbons (Fsp3) is 0.125. The molecule has 1 aromatic heterocycles. The lowest BCUT2D eigenvalue weighted by atomic mass is 10.1. The Bertz CT molecular complexity index is 783. The van der Waals surface area contributed by atoms with Gasteiger partial charge in [-0.25, -0.2) is 4.79 Å². The average molecular weight is 354 g/mol. The first-order valence-corrected chi connectivity index (χ1v) is 7.40. The molecule has 2 rings (SSSR count). The van der Waals surface area contributed by atoms with Crippen LogP contribution in [0.2, 0.25) is 0 Å². The Balaban J connectivity index is 2.18. The minimum Gasteiger partial charge on any atom is -0.493 e. The summed E-state index contributed by atoms with van der Waals surface area (Å²) in [6.45, 7) is -3.00.